The summed E-state index contributed by atoms with van der Waals surface area (Å²) in [5.41, 5.74) is -1.18. The van der Waals surface area contributed by atoms with Crippen LogP contribution in [0.5, 0.6) is 0 Å². The first kappa shape index (κ1) is 17.6. The van der Waals surface area contributed by atoms with Crippen molar-refractivity contribution < 1.29 is 22.4 Å². The van der Waals surface area contributed by atoms with Crippen LogP contribution in [0.4, 0.5) is 17.6 Å². The van der Waals surface area contributed by atoms with Crippen LogP contribution >= 0.6 is 0 Å². The van der Waals surface area contributed by atoms with E-state index in [1.54, 1.807) is 0 Å². The number of halogens is 4. The highest BCUT2D eigenvalue weighted by Crippen LogP contribution is 2.32. The Morgan fingerprint density at radius 2 is 1.96 bits per heavy atom. The van der Waals surface area contributed by atoms with Crippen molar-refractivity contribution in [2.75, 3.05) is 0 Å². The van der Waals surface area contributed by atoms with Gasteiger partial charge in [0.25, 0.3) is 12.9 Å². The lowest BCUT2D eigenvalue weighted by atomic mass is 10.1. The van der Waals surface area contributed by atoms with Crippen LogP contribution < -0.4 is 5.32 Å². The van der Waals surface area contributed by atoms with Crippen molar-refractivity contribution in [1.82, 2.24) is 20.1 Å². The van der Waals surface area contributed by atoms with Crippen LogP contribution in [-0.2, 0) is 11.3 Å². The van der Waals surface area contributed by atoms with Crippen molar-refractivity contribution in [3.8, 4) is 0 Å². The minimum absolute atomic E-state index is 0.0214. The van der Waals surface area contributed by atoms with E-state index in [-0.39, 0.29) is 35.2 Å². The molecule has 0 atom stereocenters. The van der Waals surface area contributed by atoms with Crippen LogP contribution in [0, 0.1) is 6.92 Å². The Balaban J connectivity index is 1.96. The molecule has 1 fully saturated rings. The highest BCUT2D eigenvalue weighted by Gasteiger charge is 2.24. The van der Waals surface area contributed by atoms with E-state index in [9.17, 15) is 22.4 Å². The number of nitrogens with zero attached hydrogens (tertiary/aromatic N) is 3. The molecule has 0 saturated heterocycles. The predicted octanol–water partition coefficient (Wildman–Crippen LogP) is 3.67. The van der Waals surface area contributed by atoms with Gasteiger partial charge < -0.3 is 5.32 Å². The summed E-state index contributed by atoms with van der Waals surface area (Å²) in [6.45, 7) is 1.24. The molecule has 25 heavy (non-hydrogen) atoms. The third kappa shape index (κ3) is 3.59. The van der Waals surface area contributed by atoms with E-state index in [2.05, 4.69) is 15.4 Å². The molecule has 0 spiro atoms. The molecule has 1 amide bonds. The zero-order valence-corrected chi connectivity index (χ0v) is 13.6. The van der Waals surface area contributed by atoms with Crippen LogP contribution in [0.2, 0.25) is 0 Å². The van der Waals surface area contributed by atoms with Gasteiger partial charge in [-0.25, -0.2) is 27.2 Å². The van der Waals surface area contributed by atoms with Gasteiger partial charge in [0, 0.05) is 11.6 Å². The summed E-state index contributed by atoms with van der Waals surface area (Å²) in [7, 11) is 0. The maximum absolute atomic E-state index is 13.3. The fraction of sp³-hybridized carbons (Fsp3) is 0.562. The molecule has 0 bridgehead atoms. The average Bonchev–Trinajstić information content (AvgIpc) is 3.15. The maximum Gasteiger partial charge on any atom is 0.280 e. The summed E-state index contributed by atoms with van der Waals surface area (Å²) < 4.78 is 53.7. The van der Waals surface area contributed by atoms with Gasteiger partial charge in [0.2, 0.25) is 5.91 Å². The molecular weight excluding hydrogens is 340 g/mol. The second-order valence-corrected chi connectivity index (χ2v) is 6.23. The lowest BCUT2D eigenvalue weighted by Crippen LogP contribution is -2.35. The van der Waals surface area contributed by atoms with Gasteiger partial charge in [-0.15, -0.1) is 0 Å². The molecular formula is C16H18F4N4O. The first-order valence-corrected chi connectivity index (χ1v) is 8.10. The first-order valence-electron chi connectivity index (χ1n) is 8.10. The van der Waals surface area contributed by atoms with E-state index in [0.717, 1.165) is 30.4 Å². The molecule has 0 radical (unpaired) electrons. The van der Waals surface area contributed by atoms with Gasteiger partial charge in [0.1, 0.15) is 12.2 Å². The van der Waals surface area contributed by atoms with Crippen LogP contribution in [0.1, 0.15) is 55.5 Å². The van der Waals surface area contributed by atoms with E-state index in [1.807, 2.05) is 0 Å². The highest BCUT2D eigenvalue weighted by molar-refractivity contribution is 5.84. The Hall–Kier alpha value is -2.19. The van der Waals surface area contributed by atoms with Crippen LogP contribution in [0.3, 0.4) is 0 Å². The van der Waals surface area contributed by atoms with Gasteiger partial charge in [0.05, 0.1) is 11.1 Å². The number of aromatic nitrogens is 3. The molecule has 136 valence electrons. The van der Waals surface area contributed by atoms with Gasteiger partial charge in [-0.05, 0) is 25.8 Å². The molecule has 0 aromatic carbocycles. The fourth-order valence-electron chi connectivity index (χ4n) is 3.28. The number of carbonyl (C=O) groups excluding carboxylic acids is 1. The smallest absolute Gasteiger partial charge is 0.280 e. The van der Waals surface area contributed by atoms with E-state index >= 15 is 0 Å². The highest BCUT2D eigenvalue weighted by atomic mass is 19.3. The standard InChI is InChI=1S/C16H18F4N4O/c1-8-13-10(14(17)18)6-11(15(19)20)22-16(13)24(23-8)7-12(25)21-9-4-2-3-5-9/h6,9,14-15H,2-5,7H2,1H3,(H,21,25). The first-order chi connectivity index (χ1) is 11.9. The van der Waals surface area contributed by atoms with Crippen molar-refractivity contribution in [2.45, 2.75) is 58.0 Å². The van der Waals surface area contributed by atoms with Crippen LogP contribution in [0.25, 0.3) is 11.0 Å². The number of nitrogens with one attached hydrogen (secondary N) is 1. The summed E-state index contributed by atoms with van der Waals surface area (Å²) in [6, 6.07) is 0.798. The Morgan fingerprint density at radius 3 is 2.56 bits per heavy atom. The van der Waals surface area contributed by atoms with Crippen LogP contribution in [-0.4, -0.2) is 26.7 Å². The van der Waals surface area contributed by atoms with Gasteiger partial charge in [0.15, 0.2) is 5.65 Å². The number of rotatable bonds is 5. The van der Waals surface area contributed by atoms with Crippen LogP contribution in [0.15, 0.2) is 6.07 Å². The Morgan fingerprint density at radius 1 is 1.28 bits per heavy atom. The minimum Gasteiger partial charge on any atom is -0.352 e. The molecule has 2 aromatic rings. The van der Waals surface area contributed by atoms with Crippen molar-refractivity contribution >= 4 is 16.9 Å². The summed E-state index contributed by atoms with van der Waals surface area (Å²) in [4.78, 5) is 15.9. The Labute approximate surface area is 141 Å². The third-order valence-electron chi connectivity index (χ3n) is 4.40. The third-order valence-corrected chi connectivity index (χ3v) is 4.40. The molecule has 1 aliphatic carbocycles. The molecule has 1 N–H and O–H groups in total. The number of aryl methyl sites for hydroxylation is 1. The number of pyridine rings is 1. The summed E-state index contributed by atoms with van der Waals surface area (Å²) in [6.07, 6.45) is -2.04. The number of hydrogen-bond donors (Lipinski definition) is 1. The second kappa shape index (κ2) is 6.97. The molecule has 2 aromatic heterocycles. The molecule has 2 heterocycles. The van der Waals surface area contributed by atoms with Crippen molar-refractivity contribution in [2.24, 2.45) is 0 Å². The quantitative estimate of drug-likeness (QED) is 0.830. The lowest BCUT2D eigenvalue weighted by Gasteiger charge is -2.12. The lowest BCUT2D eigenvalue weighted by molar-refractivity contribution is -0.122. The molecule has 0 aliphatic heterocycles. The molecule has 3 rings (SSSR count). The Kier molecular flexibility index (Phi) is 4.91. The van der Waals surface area contributed by atoms with E-state index in [1.165, 1.54) is 6.92 Å². The fourth-order valence-corrected chi connectivity index (χ4v) is 3.28. The van der Waals surface area contributed by atoms with E-state index < -0.39 is 24.1 Å². The van der Waals surface area contributed by atoms with E-state index in [4.69, 9.17) is 0 Å². The monoisotopic (exact) mass is 358 g/mol. The zero-order valence-electron chi connectivity index (χ0n) is 13.6. The molecule has 9 heteroatoms. The normalized spacial score (nSPS) is 15.6. The SMILES string of the molecule is Cc1nn(CC(=O)NC2CCCC2)c2nc(C(F)F)cc(C(F)F)c12. The molecule has 5 nitrogen and oxygen atoms in total. The molecule has 1 aliphatic rings. The van der Waals surface area contributed by atoms with Gasteiger partial charge >= 0.3 is 0 Å². The van der Waals surface area contributed by atoms with Gasteiger partial charge in [-0.2, -0.15) is 5.10 Å². The number of fused-ring (bicyclic) bond motifs is 1. The van der Waals surface area contributed by atoms with Gasteiger partial charge in [-0.1, -0.05) is 12.8 Å². The van der Waals surface area contributed by atoms with Crippen molar-refractivity contribution in [3.63, 3.8) is 0 Å². The summed E-state index contributed by atoms with van der Waals surface area (Å²) in [5, 5.41) is 6.94. The molecule has 1 saturated carbocycles. The number of alkyl halides is 4. The average molecular weight is 358 g/mol. The second-order valence-electron chi connectivity index (χ2n) is 6.23. The predicted molar refractivity (Wildman–Crippen MR) is 82.6 cm³/mol. The number of hydrogen-bond acceptors (Lipinski definition) is 3. The van der Waals surface area contributed by atoms with E-state index in [0.29, 0.717) is 6.07 Å². The maximum atomic E-state index is 13.3. The molecule has 0 unspecified atom stereocenters. The number of carbonyl (C=O) groups is 1. The largest absolute Gasteiger partial charge is 0.352 e. The zero-order chi connectivity index (χ0) is 18.1. The summed E-state index contributed by atoms with van der Waals surface area (Å²) >= 11 is 0. The Bertz CT molecular complexity index is 784. The summed E-state index contributed by atoms with van der Waals surface area (Å²) in [5.74, 6) is -0.334. The number of amides is 1. The van der Waals surface area contributed by atoms with Crippen molar-refractivity contribution in [1.29, 1.82) is 0 Å². The minimum atomic E-state index is -2.99. The topological polar surface area (TPSA) is 59.8 Å². The van der Waals surface area contributed by atoms with Crippen molar-refractivity contribution in [3.05, 3.63) is 23.0 Å². The van der Waals surface area contributed by atoms with Gasteiger partial charge in [-0.3, -0.25) is 4.79 Å².